The van der Waals surface area contributed by atoms with Gasteiger partial charge in [0.15, 0.2) is 0 Å². The topological polar surface area (TPSA) is 24.5 Å². The van der Waals surface area contributed by atoms with Crippen molar-refractivity contribution in [1.82, 2.24) is 10.2 Å². The summed E-state index contributed by atoms with van der Waals surface area (Å²) in [4.78, 5) is 2.35. The molecule has 0 radical (unpaired) electrons. The van der Waals surface area contributed by atoms with E-state index in [9.17, 15) is 4.39 Å². The van der Waals surface area contributed by atoms with Crippen LogP contribution in [0.15, 0.2) is 18.2 Å². The summed E-state index contributed by atoms with van der Waals surface area (Å²) in [7, 11) is 2.15. The van der Waals surface area contributed by atoms with Gasteiger partial charge in [-0.3, -0.25) is 0 Å². The Morgan fingerprint density at radius 3 is 3.05 bits per heavy atom. The number of fused-ring (bicyclic) bond motifs is 1. The summed E-state index contributed by atoms with van der Waals surface area (Å²) in [6.45, 7) is 7.24. The number of ether oxygens (including phenoxy) is 1. The van der Waals surface area contributed by atoms with Gasteiger partial charge in [-0.25, -0.2) is 4.39 Å². The third kappa shape index (κ3) is 3.93. The lowest BCUT2D eigenvalue weighted by Crippen LogP contribution is -2.38. The second-order valence-electron chi connectivity index (χ2n) is 5.64. The van der Waals surface area contributed by atoms with E-state index >= 15 is 0 Å². The highest BCUT2D eigenvalue weighted by molar-refractivity contribution is 5.37. The Labute approximate surface area is 121 Å². The molecule has 1 aliphatic heterocycles. The van der Waals surface area contributed by atoms with Gasteiger partial charge in [0.1, 0.15) is 17.7 Å². The van der Waals surface area contributed by atoms with Gasteiger partial charge in [-0.1, -0.05) is 6.92 Å². The predicted molar refractivity (Wildman–Crippen MR) is 79.8 cm³/mol. The Balaban J connectivity index is 1.67. The number of halogens is 1. The molecule has 0 aliphatic carbocycles. The zero-order valence-corrected chi connectivity index (χ0v) is 12.7. The monoisotopic (exact) mass is 280 g/mol. The highest BCUT2D eigenvalue weighted by Crippen LogP contribution is 2.28. The molecule has 2 atom stereocenters. The van der Waals surface area contributed by atoms with Crippen molar-refractivity contribution in [2.75, 3.05) is 26.7 Å². The van der Waals surface area contributed by atoms with Gasteiger partial charge in [0, 0.05) is 37.7 Å². The van der Waals surface area contributed by atoms with Gasteiger partial charge in [-0.2, -0.15) is 0 Å². The maximum Gasteiger partial charge on any atom is 0.123 e. The normalized spacial score (nSPS) is 18.9. The zero-order chi connectivity index (χ0) is 14.5. The van der Waals surface area contributed by atoms with Gasteiger partial charge in [0.05, 0.1) is 0 Å². The third-order valence-corrected chi connectivity index (χ3v) is 4.12. The lowest BCUT2D eigenvalue weighted by atomic mass is 10.1. The fourth-order valence-electron chi connectivity index (χ4n) is 2.45. The summed E-state index contributed by atoms with van der Waals surface area (Å²) in [6.07, 6.45) is 2.09. The summed E-state index contributed by atoms with van der Waals surface area (Å²) < 4.78 is 18.9. The van der Waals surface area contributed by atoms with Gasteiger partial charge < -0.3 is 15.0 Å². The zero-order valence-electron chi connectivity index (χ0n) is 12.7. The van der Waals surface area contributed by atoms with Crippen molar-refractivity contribution in [3.8, 4) is 5.75 Å². The Kier molecular flexibility index (Phi) is 5.38. The molecule has 0 amide bonds. The van der Waals surface area contributed by atoms with E-state index in [0.29, 0.717) is 6.04 Å². The van der Waals surface area contributed by atoms with E-state index in [1.165, 1.54) is 12.5 Å². The average molecular weight is 280 g/mol. The summed E-state index contributed by atoms with van der Waals surface area (Å²) in [5.74, 6) is 0.645. The van der Waals surface area contributed by atoms with Gasteiger partial charge >= 0.3 is 0 Å². The van der Waals surface area contributed by atoms with E-state index in [4.69, 9.17) is 4.74 Å². The molecule has 1 aliphatic rings. The van der Waals surface area contributed by atoms with Crippen LogP contribution in [-0.2, 0) is 6.42 Å². The van der Waals surface area contributed by atoms with E-state index in [1.807, 2.05) is 0 Å². The molecule has 0 aromatic heterocycles. The molecule has 0 fully saturated rings. The van der Waals surface area contributed by atoms with Crippen molar-refractivity contribution >= 4 is 0 Å². The van der Waals surface area contributed by atoms with Crippen LogP contribution in [0.5, 0.6) is 5.75 Å². The largest absolute Gasteiger partial charge is 0.488 e. The molecule has 0 saturated heterocycles. The molecular weight excluding hydrogens is 255 g/mol. The van der Waals surface area contributed by atoms with E-state index in [2.05, 4.69) is 31.1 Å². The Bertz CT molecular complexity index is 438. The second-order valence-corrected chi connectivity index (χ2v) is 5.64. The maximum atomic E-state index is 13.1. The molecule has 0 spiro atoms. The van der Waals surface area contributed by atoms with Gasteiger partial charge in [-0.15, -0.1) is 0 Å². The van der Waals surface area contributed by atoms with Gasteiger partial charge in [0.25, 0.3) is 0 Å². The quantitative estimate of drug-likeness (QED) is 0.777. The van der Waals surface area contributed by atoms with Crippen molar-refractivity contribution in [3.05, 3.63) is 29.6 Å². The number of nitrogens with one attached hydrogen (secondary N) is 1. The van der Waals surface area contributed by atoms with Crippen molar-refractivity contribution < 1.29 is 9.13 Å². The third-order valence-electron chi connectivity index (χ3n) is 4.12. The molecule has 2 rings (SSSR count). The number of hydrogen-bond acceptors (Lipinski definition) is 3. The molecule has 2 unspecified atom stereocenters. The molecule has 1 aromatic rings. The minimum atomic E-state index is -0.184. The van der Waals surface area contributed by atoms with Crippen LogP contribution in [0.1, 0.15) is 25.8 Å². The van der Waals surface area contributed by atoms with Crippen LogP contribution >= 0.6 is 0 Å². The lowest BCUT2D eigenvalue weighted by molar-refractivity contribution is 0.216. The second kappa shape index (κ2) is 7.04. The van der Waals surface area contributed by atoms with Crippen molar-refractivity contribution in [1.29, 1.82) is 0 Å². The van der Waals surface area contributed by atoms with Crippen LogP contribution in [0.4, 0.5) is 4.39 Å². The molecule has 3 nitrogen and oxygen atoms in total. The first-order valence-corrected chi connectivity index (χ1v) is 7.46. The molecule has 20 heavy (non-hydrogen) atoms. The van der Waals surface area contributed by atoms with Crippen LogP contribution in [0.25, 0.3) is 0 Å². The van der Waals surface area contributed by atoms with E-state index in [1.54, 1.807) is 12.1 Å². The molecule has 1 N–H and O–H groups in total. The summed E-state index contributed by atoms with van der Waals surface area (Å²) in [5.41, 5.74) is 0.980. The van der Waals surface area contributed by atoms with Gasteiger partial charge in [-0.05, 0) is 38.6 Å². The predicted octanol–water partition coefficient (Wildman–Crippen LogP) is 2.45. The minimum Gasteiger partial charge on any atom is -0.488 e. The Morgan fingerprint density at radius 1 is 1.50 bits per heavy atom. The highest BCUT2D eigenvalue weighted by atomic mass is 19.1. The number of rotatable bonds is 7. The van der Waals surface area contributed by atoms with Crippen molar-refractivity contribution in [2.45, 2.75) is 38.8 Å². The fourth-order valence-corrected chi connectivity index (χ4v) is 2.45. The fraction of sp³-hybridized carbons (Fsp3) is 0.625. The van der Waals surface area contributed by atoms with E-state index in [-0.39, 0.29) is 11.9 Å². The average Bonchev–Trinajstić information content (AvgIpc) is 2.84. The van der Waals surface area contributed by atoms with E-state index < -0.39 is 0 Å². The van der Waals surface area contributed by atoms with Crippen molar-refractivity contribution in [3.63, 3.8) is 0 Å². The number of benzene rings is 1. The molecule has 0 saturated carbocycles. The molecule has 1 heterocycles. The Hall–Kier alpha value is -1.13. The SMILES string of the molecule is CCC(C)N(C)CCNCC1Cc2cc(F)ccc2O1. The molecular formula is C16H25FN2O. The molecule has 4 heteroatoms. The summed E-state index contributed by atoms with van der Waals surface area (Å²) in [6, 6.07) is 5.37. The van der Waals surface area contributed by atoms with Crippen LogP contribution in [0, 0.1) is 5.82 Å². The van der Waals surface area contributed by atoms with Crippen molar-refractivity contribution in [2.24, 2.45) is 0 Å². The number of hydrogen-bond donors (Lipinski definition) is 1. The minimum absolute atomic E-state index is 0.126. The van der Waals surface area contributed by atoms with E-state index in [0.717, 1.165) is 37.4 Å². The van der Waals surface area contributed by atoms with Crippen LogP contribution in [-0.4, -0.2) is 43.7 Å². The first-order valence-electron chi connectivity index (χ1n) is 7.46. The maximum absolute atomic E-state index is 13.1. The smallest absolute Gasteiger partial charge is 0.123 e. The lowest BCUT2D eigenvalue weighted by Gasteiger charge is -2.23. The summed E-state index contributed by atoms with van der Waals surface area (Å²) in [5, 5.41) is 3.43. The Morgan fingerprint density at radius 2 is 2.30 bits per heavy atom. The summed E-state index contributed by atoms with van der Waals surface area (Å²) >= 11 is 0. The van der Waals surface area contributed by atoms with Crippen LogP contribution in [0.3, 0.4) is 0 Å². The first kappa shape index (κ1) is 15.3. The molecule has 1 aromatic carbocycles. The molecule has 0 bridgehead atoms. The number of nitrogens with zero attached hydrogens (tertiary/aromatic N) is 1. The first-order chi connectivity index (χ1) is 9.60. The highest BCUT2D eigenvalue weighted by Gasteiger charge is 2.22. The van der Waals surface area contributed by atoms with Gasteiger partial charge in [0.2, 0.25) is 0 Å². The molecule has 112 valence electrons. The van der Waals surface area contributed by atoms with Crippen LogP contribution in [0.2, 0.25) is 0 Å². The number of likely N-dealkylation sites (N-methyl/N-ethyl adjacent to an activating group) is 1. The van der Waals surface area contributed by atoms with Crippen LogP contribution < -0.4 is 10.1 Å². The standard InChI is InChI=1S/C16H25FN2O/c1-4-12(2)19(3)8-7-18-11-15-10-13-9-14(17)5-6-16(13)20-15/h5-6,9,12,15,18H,4,7-8,10-11H2,1-3H3.